The van der Waals surface area contributed by atoms with Crippen LogP contribution in [0.25, 0.3) is 75.8 Å². The van der Waals surface area contributed by atoms with Crippen LogP contribution >= 0.6 is 0 Å². The van der Waals surface area contributed by atoms with E-state index in [1.165, 1.54) is 12.1 Å². The number of hydrogen-bond acceptors (Lipinski definition) is 3. The summed E-state index contributed by atoms with van der Waals surface area (Å²) in [5, 5.41) is 32.9. The Labute approximate surface area is 297 Å². The van der Waals surface area contributed by atoms with Crippen LogP contribution in [0.3, 0.4) is 0 Å². The molecule has 11 heteroatoms. The molecule has 8 aromatic rings. The van der Waals surface area contributed by atoms with E-state index in [2.05, 4.69) is 27.9 Å². The number of alkyl halides is 3. The van der Waals surface area contributed by atoms with E-state index in [1.807, 2.05) is 0 Å². The molecular weight excluding hydrogens is 679 g/mol. The smallest absolute Gasteiger partial charge is 0.310 e. The second-order valence-corrected chi connectivity index (χ2v) is 12.1. The summed E-state index contributed by atoms with van der Waals surface area (Å²) in [6, 6.07) is 31.2. The highest BCUT2D eigenvalue weighted by molar-refractivity contribution is 6.12. The molecule has 0 bridgehead atoms. The van der Waals surface area contributed by atoms with Crippen molar-refractivity contribution in [3.63, 3.8) is 0 Å². The minimum atomic E-state index is -5.01. The maximum atomic E-state index is 16.2. The maximum absolute atomic E-state index is 16.2. The van der Waals surface area contributed by atoms with E-state index < -0.39 is 23.1 Å². The van der Waals surface area contributed by atoms with Gasteiger partial charge < -0.3 is 9.13 Å². The van der Waals surface area contributed by atoms with Crippen molar-refractivity contribution in [2.75, 3.05) is 0 Å². The van der Waals surface area contributed by atoms with E-state index in [1.54, 1.807) is 81.9 Å². The van der Waals surface area contributed by atoms with Gasteiger partial charge in [0.2, 0.25) is 0 Å². The third-order valence-corrected chi connectivity index (χ3v) is 9.32. The number of rotatable bonds is 3. The van der Waals surface area contributed by atoms with Crippen molar-refractivity contribution >= 4 is 55.0 Å². The predicted molar refractivity (Wildman–Crippen MR) is 192 cm³/mol. The maximum Gasteiger partial charge on any atom is 0.417 e. The molecule has 8 rings (SSSR count). The first-order chi connectivity index (χ1) is 25.6. The fraction of sp³-hybridized carbons (Fsp3) is 0.0238. The van der Waals surface area contributed by atoms with Gasteiger partial charge in [0, 0.05) is 43.7 Å². The fourth-order valence-electron chi connectivity index (χ4n) is 7.08. The molecule has 0 fully saturated rings. The second-order valence-electron chi connectivity index (χ2n) is 12.1. The predicted octanol–water partition coefficient (Wildman–Crippen LogP) is 11.4. The standard InChI is InChI=1S/C42H17F4N7/c1-50-26-8-12-30-28-10-6-23(20-47)14-36(28)52(39(30)17-26)35-19-32(41-33(42(44,45)46)4-3-5-34(41)43)38(16-25(35)22-49)53-37-15-24(21-48)7-11-29(37)31-13-9-27(51-2)18-40(31)53/h3-19H. The quantitative estimate of drug-likeness (QED) is 0.136. The van der Waals surface area contributed by atoms with Crippen LogP contribution in [-0.2, 0) is 6.18 Å². The molecule has 2 aromatic heterocycles. The summed E-state index contributed by atoms with van der Waals surface area (Å²) in [7, 11) is 0. The molecule has 0 N–H and O–H groups in total. The van der Waals surface area contributed by atoms with Gasteiger partial charge in [0.1, 0.15) is 11.9 Å². The van der Waals surface area contributed by atoms with Crippen LogP contribution in [0.4, 0.5) is 28.9 Å². The topological polar surface area (TPSA) is 89.9 Å². The minimum Gasteiger partial charge on any atom is -0.310 e. The van der Waals surface area contributed by atoms with Gasteiger partial charge >= 0.3 is 6.18 Å². The number of halogens is 4. The zero-order valence-electron chi connectivity index (χ0n) is 27.0. The Hall–Kier alpha value is -7.91. The van der Waals surface area contributed by atoms with Crippen LogP contribution in [0.1, 0.15) is 22.3 Å². The number of aromatic nitrogens is 2. The van der Waals surface area contributed by atoms with Crippen LogP contribution in [0, 0.1) is 53.0 Å². The van der Waals surface area contributed by atoms with Crippen molar-refractivity contribution in [2.45, 2.75) is 6.18 Å². The van der Waals surface area contributed by atoms with E-state index in [-0.39, 0.29) is 45.0 Å². The van der Waals surface area contributed by atoms with Crippen molar-refractivity contribution in [1.82, 2.24) is 9.13 Å². The molecule has 6 aromatic carbocycles. The molecule has 0 aliphatic carbocycles. The lowest BCUT2D eigenvalue weighted by atomic mass is 9.94. The summed E-state index contributed by atoms with van der Waals surface area (Å²) in [5.41, 5.74) is 0.320. The molecule has 0 aliphatic heterocycles. The van der Waals surface area contributed by atoms with Gasteiger partial charge in [0.05, 0.1) is 69.9 Å². The van der Waals surface area contributed by atoms with E-state index in [4.69, 9.17) is 13.1 Å². The van der Waals surface area contributed by atoms with Crippen LogP contribution in [-0.4, -0.2) is 9.13 Å². The SMILES string of the molecule is [C-]#[N+]c1ccc2c3ccc(C#N)cc3n(-c3cc(-c4c(F)cccc4C(F)(F)F)c(-n4c5cc(C#N)ccc5c5ccc([N+]#[C-])cc54)cc3C#N)c2c1. The number of nitriles is 3. The number of benzene rings is 6. The Kier molecular flexibility index (Phi) is 7.23. The highest BCUT2D eigenvalue weighted by Gasteiger charge is 2.36. The fourth-order valence-corrected chi connectivity index (χ4v) is 7.08. The molecule has 0 atom stereocenters. The first-order valence-electron chi connectivity index (χ1n) is 15.8. The molecule has 2 heterocycles. The highest BCUT2D eigenvalue weighted by atomic mass is 19.4. The lowest BCUT2D eigenvalue weighted by Crippen LogP contribution is -2.11. The van der Waals surface area contributed by atoms with Crippen LogP contribution in [0.2, 0.25) is 0 Å². The van der Waals surface area contributed by atoms with Crippen molar-refractivity contribution in [2.24, 2.45) is 0 Å². The Bertz CT molecular complexity index is 2990. The van der Waals surface area contributed by atoms with E-state index in [0.29, 0.717) is 43.6 Å². The monoisotopic (exact) mass is 695 g/mol. The summed E-state index contributed by atoms with van der Waals surface area (Å²) >= 11 is 0. The number of hydrogen-bond donors (Lipinski definition) is 0. The zero-order valence-corrected chi connectivity index (χ0v) is 27.0. The zero-order chi connectivity index (χ0) is 37.2. The first kappa shape index (κ1) is 32.3. The molecule has 53 heavy (non-hydrogen) atoms. The largest absolute Gasteiger partial charge is 0.417 e. The van der Waals surface area contributed by atoms with Crippen molar-refractivity contribution in [1.29, 1.82) is 15.8 Å². The van der Waals surface area contributed by atoms with Gasteiger partial charge in [-0.05, 0) is 60.7 Å². The number of nitrogens with zero attached hydrogens (tertiary/aromatic N) is 7. The third-order valence-electron chi connectivity index (χ3n) is 9.32. The van der Waals surface area contributed by atoms with Gasteiger partial charge in [-0.1, -0.05) is 42.5 Å². The van der Waals surface area contributed by atoms with Crippen LogP contribution in [0.5, 0.6) is 0 Å². The van der Waals surface area contributed by atoms with Gasteiger partial charge in [-0.25, -0.2) is 14.1 Å². The lowest BCUT2D eigenvalue weighted by Gasteiger charge is -2.21. The van der Waals surface area contributed by atoms with Gasteiger partial charge in [0.15, 0.2) is 11.4 Å². The van der Waals surface area contributed by atoms with Gasteiger partial charge in [-0.3, -0.25) is 0 Å². The van der Waals surface area contributed by atoms with Gasteiger partial charge in [-0.2, -0.15) is 29.0 Å². The number of fused-ring (bicyclic) bond motifs is 6. The van der Waals surface area contributed by atoms with E-state index in [0.717, 1.165) is 18.2 Å². The van der Waals surface area contributed by atoms with Crippen LogP contribution in [0.15, 0.2) is 103 Å². The molecule has 0 unspecified atom stereocenters. The lowest BCUT2D eigenvalue weighted by molar-refractivity contribution is -0.137. The molecule has 0 aliphatic rings. The van der Waals surface area contributed by atoms with E-state index >= 15 is 4.39 Å². The Balaban J connectivity index is 1.62. The first-order valence-corrected chi connectivity index (χ1v) is 15.8. The normalized spacial score (nSPS) is 11.3. The van der Waals surface area contributed by atoms with Crippen LogP contribution < -0.4 is 0 Å². The molecular formula is C42H17F4N7. The average molecular weight is 696 g/mol. The summed E-state index contributed by atoms with van der Waals surface area (Å²) in [4.78, 5) is 7.09. The third kappa shape index (κ3) is 4.91. The second kappa shape index (κ2) is 11.9. The summed E-state index contributed by atoms with van der Waals surface area (Å²) in [6.45, 7) is 15.3. The van der Waals surface area contributed by atoms with Crippen molar-refractivity contribution in [3.05, 3.63) is 154 Å². The minimum absolute atomic E-state index is 0.0153. The molecule has 0 saturated heterocycles. The molecule has 0 amide bonds. The summed E-state index contributed by atoms with van der Waals surface area (Å²) in [6.07, 6.45) is -5.01. The Morgan fingerprint density at radius 1 is 0.566 bits per heavy atom. The van der Waals surface area contributed by atoms with Crippen molar-refractivity contribution < 1.29 is 17.6 Å². The Morgan fingerprint density at radius 2 is 1.06 bits per heavy atom. The molecule has 0 radical (unpaired) electrons. The Morgan fingerprint density at radius 3 is 1.53 bits per heavy atom. The van der Waals surface area contributed by atoms with Crippen molar-refractivity contribution in [3.8, 4) is 40.7 Å². The highest BCUT2D eigenvalue weighted by Crippen LogP contribution is 2.46. The molecule has 7 nitrogen and oxygen atoms in total. The van der Waals surface area contributed by atoms with Gasteiger partial charge in [0.25, 0.3) is 0 Å². The average Bonchev–Trinajstić information content (AvgIpc) is 3.67. The molecule has 0 saturated carbocycles. The van der Waals surface area contributed by atoms with E-state index in [9.17, 15) is 29.0 Å². The summed E-state index contributed by atoms with van der Waals surface area (Å²) in [5.74, 6) is -1.18. The summed E-state index contributed by atoms with van der Waals surface area (Å²) < 4.78 is 63.8. The molecule has 248 valence electrons. The molecule has 0 spiro atoms. The van der Waals surface area contributed by atoms with Gasteiger partial charge in [-0.15, -0.1) is 0 Å².